The van der Waals surface area contributed by atoms with Crippen molar-refractivity contribution in [2.24, 2.45) is 0 Å². The Labute approximate surface area is 73.6 Å². The Morgan fingerprint density at radius 2 is 2.08 bits per heavy atom. The summed E-state index contributed by atoms with van der Waals surface area (Å²) in [6.07, 6.45) is 0. The van der Waals surface area contributed by atoms with Crippen LogP contribution in [0.25, 0.3) is 0 Å². The van der Waals surface area contributed by atoms with E-state index in [-0.39, 0.29) is 28.0 Å². The molecule has 0 aliphatic carbocycles. The molecule has 72 valence electrons. The van der Waals surface area contributed by atoms with E-state index in [1.54, 1.807) is 0 Å². The molecule has 0 spiro atoms. The van der Waals surface area contributed by atoms with Crippen LogP contribution in [0, 0.1) is 5.21 Å². The number of aromatic nitrogens is 2. The smallest absolute Gasteiger partial charge is 0.346 e. The van der Waals surface area contributed by atoms with Crippen LogP contribution in [0.5, 0.6) is 0 Å². The van der Waals surface area contributed by atoms with Gasteiger partial charge < -0.3 is 32.8 Å². The summed E-state index contributed by atoms with van der Waals surface area (Å²) in [5.74, 6) is -0.589. The average molecular weight is 186 g/mol. The number of hydrogen-bond acceptors (Lipinski definition) is 7. The Bertz CT molecular complexity index is 327. The Kier molecular flexibility index (Phi) is 2.24. The maximum atomic E-state index is 11.0. The van der Waals surface area contributed by atoms with Gasteiger partial charge in [0, 0.05) is 0 Å². The lowest BCUT2D eigenvalue weighted by Gasteiger charge is -2.13. The van der Waals surface area contributed by atoms with E-state index in [0.717, 1.165) is 0 Å². The Morgan fingerprint density at radius 1 is 1.46 bits per heavy atom. The van der Waals surface area contributed by atoms with Crippen LogP contribution in [-0.2, 0) is 0 Å². The Hall–Kier alpha value is -1.96. The molecule has 0 amide bonds. The van der Waals surface area contributed by atoms with Crippen LogP contribution in [0.2, 0.25) is 0 Å². The van der Waals surface area contributed by atoms with Gasteiger partial charge in [-0.2, -0.15) is 0 Å². The van der Waals surface area contributed by atoms with E-state index >= 15 is 0 Å². The number of nitrogens with one attached hydrogen (secondary N) is 1. The minimum absolute atomic E-state index is 0.0313. The van der Waals surface area contributed by atoms with Crippen molar-refractivity contribution in [2.45, 2.75) is 0 Å². The molecule has 0 unspecified atom stereocenters. The predicted octanol–water partition coefficient (Wildman–Crippen LogP) is -2.18. The summed E-state index contributed by atoms with van der Waals surface area (Å²) in [7, 11) is 0. The van der Waals surface area contributed by atoms with Crippen molar-refractivity contribution in [1.29, 1.82) is 0 Å². The highest BCUT2D eigenvalue weighted by Crippen LogP contribution is 2.20. The maximum absolute atomic E-state index is 11.0. The molecule has 1 heterocycles. The second kappa shape index (κ2) is 3.19. The molecule has 0 radical (unpaired) electrons. The number of nitrogen functional groups attached to an aromatic ring is 3. The molecule has 0 fully saturated rings. The van der Waals surface area contributed by atoms with Gasteiger partial charge in [0.15, 0.2) is 5.69 Å². The van der Waals surface area contributed by atoms with E-state index in [0.29, 0.717) is 0 Å². The molecule has 1 rings (SSSR count). The Morgan fingerprint density at radius 3 is 2.62 bits per heavy atom. The number of aliphatic hydroxyl groups excluding tert-OH is 1. The topological polar surface area (TPSA) is 150 Å². The molecular formula is C5H10N6O2. The summed E-state index contributed by atoms with van der Waals surface area (Å²) in [5, 5.41) is 22.0. The molecule has 13 heavy (non-hydrogen) atoms. The van der Waals surface area contributed by atoms with Gasteiger partial charge in [-0.15, -0.1) is 0 Å². The van der Waals surface area contributed by atoms with Crippen LogP contribution in [0.1, 0.15) is 0 Å². The van der Waals surface area contributed by atoms with Gasteiger partial charge in [-0.1, -0.05) is 4.98 Å². The molecular weight excluding hydrogens is 176 g/mol. The zero-order valence-corrected chi connectivity index (χ0v) is 6.69. The molecule has 0 aromatic carbocycles. The highest BCUT2D eigenvalue weighted by atomic mass is 16.5. The van der Waals surface area contributed by atoms with Crippen LogP contribution in [0.15, 0.2) is 0 Å². The van der Waals surface area contributed by atoms with Gasteiger partial charge in [-0.05, 0) is 0 Å². The average Bonchev–Trinajstić information content (AvgIpc) is 2.09. The molecule has 1 aromatic heterocycles. The van der Waals surface area contributed by atoms with Crippen LogP contribution >= 0.6 is 0 Å². The fourth-order valence-corrected chi connectivity index (χ4v) is 0.841. The zero-order valence-electron chi connectivity index (χ0n) is 6.69. The SMILES string of the molecule is Nc1nc(N)[n+]([O-])c(N)c1NCO. The molecule has 1 aromatic rings. The highest BCUT2D eigenvalue weighted by molar-refractivity contribution is 5.72. The molecule has 8 nitrogen and oxygen atoms in total. The van der Waals surface area contributed by atoms with Crippen LogP contribution in [0.4, 0.5) is 23.3 Å². The lowest BCUT2D eigenvalue weighted by atomic mass is 10.4. The highest BCUT2D eigenvalue weighted by Gasteiger charge is 2.14. The fourth-order valence-electron chi connectivity index (χ4n) is 0.841. The van der Waals surface area contributed by atoms with Gasteiger partial charge in [0.1, 0.15) is 6.73 Å². The number of hydrogen-bond donors (Lipinski definition) is 5. The van der Waals surface area contributed by atoms with Gasteiger partial charge in [0.25, 0.3) is 0 Å². The van der Waals surface area contributed by atoms with Gasteiger partial charge in [0.05, 0.1) is 0 Å². The lowest BCUT2D eigenvalue weighted by Crippen LogP contribution is -2.37. The first-order valence-corrected chi connectivity index (χ1v) is 3.36. The number of rotatable bonds is 2. The van der Waals surface area contributed by atoms with E-state index < -0.39 is 6.73 Å². The number of anilines is 4. The van der Waals surface area contributed by atoms with Gasteiger partial charge in [-0.25, -0.2) is 4.73 Å². The van der Waals surface area contributed by atoms with Gasteiger partial charge >= 0.3 is 5.95 Å². The Balaban J connectivity index is 3.26. The third kappa shape index (κ3) is 1.47. The first-order chi connectivity index (χ1) is 6.07. The molecule has 8 heteroatoms. The van der Waals surface area contributed by atoms with E-state index in [1.165, 1.54) is 0 Å². The first kappa shape index (κ1) is 9.13. The normalized spacial score (nSPS) is 9.92. The lowest BCUT2D eigenvalue weighted by molar-refractivity contribution is -0.576. The minimum Gasteiger partial charge on any atom is -0.754 e. The monoisotopic (exact) mass is 186 g/mol. The summed E-state index contributed by atoms with van der Waals surface area (Å²) in [6, 6.07) is 0. The van der Waals surface area contributed by atoms with Crippen molar-refractivity contribution in [3.63, 3.8) is 0 Å². The van der Waals surface area contributed by atoms with E-state index in [4.69, 9.17) is 22.3 Å². The number of nitrogens with zero attached hydrogens (tertiary/aromatic N) is 2. The van der Waals surface area contributed by atoms with E-state index in [2.05, 4.69) is 10.3 Å². The second-order valence-electron chi connectivity index (χ2n) is 2.24. The molecule has 0 bridgehead atoms. The standard InChI is InChI=1S/C5H10N6O2/c6-3-2(9-1-12)4(7)11(13)5(8)10-3/h9,12H,1,7H2,(H4,6,8,10). The summed E-state index contributed by atoms with van der Waals surface area (Å²) in [6.45, 7) is -0.403. The van der Waals surface area contributed by atoms with Crippen LogP contribution in [-0.4, -0.2) is 16.8 Å². The van der Waals surface area contributed by atoms with Crippen molar-refractivity contribution >= 4 is 23.3 Å². The quantitative estimate of drug-likeness (QED) is 0.200. The van der Waals surface area contributed by atoms with Crippen LogP contribution < -0.4 is 27.2 Å². The number of nitrogens with two attached hydrogens (primary N) is 3. The van der Waals surface area contributed by atoms with E-state index in [1.807, 2.05) is 0 Å². The fraction of sp³-hybridized carbons (Fsp3) is 0.200. The summed E-state index contributed by atoms with van der Waals surface area (Å²) in [4.78, 5) is 3.50. The van der Waals surface area contributed by atoms with Crippen LogP contribution in [0.3, 0.4) is 0 Å². The maximum Gasteiger partial charge on any atom is 0.346 e. The van der Waals surface area contributed by atoms with Crippen molar-refractivity contribution < 1.29 is 9.84 Å². The third-order valence-corrected chi connectivity index (χ3v) is 1.43. The summed E-state index contributed by atoms with van der Waals surface area (Å²) < 4.78 is 0.217. The molecule has 0 aliphatic heterocycles. The molecule has 0 saturated carbocycles. The van der Waals surface area contributed by atoms with Crippen molar-refractivity contribution in [3.8, 4) is 0 Å². The summed E-state index contributed by atoms with van der Waals surface area (Å²) >= 11 is 0. The molecule has 0 aliphatic rings. The first-order valence-electron chi connectivity index (χ1n) is 3.36. The molecule has 8 N–H and O–H groups in total. The van der Waals surface area contributed by atoms with Gasteiger partial charge in [0.2, 0.25) is 11.6 Å². The predicted molar refractivity (Wildman–Crippen MR) is 47.1 cm³/mol. The van der Waals surface area contributed by atoms with E-state index in [9.17, 15) is 5.21 Å². The number of aliphatic hydroxyl groups is 1. The second-order valence-corrected chi connectivity index (χ2v) is 2.24. The van der Waals surface area contributed by atoms with Crippen molar-refractivity contribution in [1.82, 2.24) is 4.98 Å². The van der Waals surface area contributed by atoms with Crippen molar-refractivity contribution in [2.75, 3.05) is 29.2 Å². The molecule has 0 atom stereocenters. The minimum atomic E-state index is -0.403. The summed E-state index contributed by atoms with van der Waals surface area (Å²) in [5.41, 5.74) is 16.0. The van der Waals surface area contributed by atoms with Gasteiger partial charge in [-0.3, -0.25) is 0 Å². The zero-order chi connectivity index (χ0) is 10.0. The molecule has 0 saturated heterocycles. The largest absolute Gasteiger partial charge is 0.754 e. The third-order valence-electron chi connectivity index (χ3n) is 1.43. The van der Waals surface area contributed by atoms with Crippen molar-refractivity contribution in [3.05, 3.63) is 5.21 Å².